The van der Waals surface area contributed by atoms with Crippen molar-refractivity contribution < 1.29 is 9.84 Å². The van der Waals surface area contributed by atoms with Gasteiger partial charge in [0.15, 0.2) is 0 Å². The Morgan fingerprint density at radius 1 is 1.25 bits per heavy atom. The zero-order valence-electron chi connectivity index (χ0n) is 10.7. The maximum absolute atomic E-state index is 9.30. The Hall–Kier alpha value is -2.04. The van der Waals surface area contributed by atoms with Crippen LogP contribution in [0.5, 0.6) is 5.75 Å². The number of ether oxygens (including phenoxy) is 1. The van der Waals surface area contributed by atoms with Crippen LogP contribution >= 0.6 is 11.6 Å². The molecule has 0 amide bonds. The minimum absolute atomic E-state index is 0.110. The van der Waals surface area contributed by atoms with E-state index in [1.807, 2.05) is 35.0 Å². The van der Waals surface area contributed by atoms with Gasteiger partial charge in [-0.2, -0.15) is 0 Å². The molecule has 2 heterocycles. The van der Waals surface area contributed by atoms with Gasteiger partial charge in [-0.1, -0.05) is 17.7 Å². The second kappa shape index (κ2) is 5.53. The van der Waals surface area contributed by atoms with E-state index in [1.54, 1.807) is 18.2 Å². The Balaban J connectivity index is 1.79. The Labute approximate surface area is 121 Å². The lowest BCUT2D eigenvalue weighted by atomic mass is 10.2. The number of pyridine rings is 1. The Morgan fingerprint density at radius 2 is 2.15 bits per heavy atom. The van der Waals surface area contributed by atoms with Crippen LogP contribution in [-0.2, 0) is 13.2 Å². The molecular weight excluding hydrogens is 276 g/mol. The average molecular weight is 289 g/mol. The zero-order valence-corrected chi connectivity index (χ0v) is 11.4. The summed E-state index contributed by atoms with van der Waals surface area (Å²) in [4.78, 5) is 4.45. The molecule has 0 atom stereocenters. The number of halogens is 1. The molecule has 5 heteroatoms. The Bertz CT molecular complexity index is 707. The van der Waals surface area contributed by atoms with Crippen molar-refractivity contribution in [3.8, 4) is 5.75 Å². The van der Waals surface area contributed by atoms with E-state index in [-0.39, 0.29) is 6.61 Å². The van der Waals surface area contributed by atoms with Crippen LogP contribution in [0.25, 0.3) is 5.65 Å². The quantitative estimate of drug-likeness (QED) is 0.802. The van der Waals surface area contributed by atoms with Crippen molar-refractivity contribution in [3.63, 3.8) is 0 Å². The number of aliphatic hydroxyl groups excluding tert-OH is 1. The summed E-state index contributed by atoms with van der Waals surface area (Å²) >= 11 is 5.88. The van der Waals surface area contributed by atoms with Gasteiger partial charge in [-0.25, -0.2) is 4.98 Å². The molecule has 0 aliphatic rings. The van der Waals surface area contributed by atoms with Crippen LogP contribution < -0.4 is 4.74 Å². The first-order valence-electron chi connectivity index (χ1n) is 6.21. The molecule has 2 aromatic heterocycles. The normalized spacial score (nSPS) is 10.9. The van der Waals surface area contributed by atoms with Crippen molar-refractivity contribution in [3.05, 3.63) is 65.1 Å². The van der Waals surface area contributed by atoms with Gasteiger partial charge in [0.05, 0.1) is 12.3 Å². The van der Waals surface area contributed by atoms with E-state index >= 15 is 0 Å². The van der Waals surface area contributed by atoms with Crippen molar-refractivity contribution in [2.24, 2.45) is 0 Å². The molecule has 1 N–H and O–H groups in total. The summed E-state index contributed by atoms with van der Waals surface area (Å²) in [6, 6.07) is 11.0. The van der Waals surface area contributed by atoms with Gasteiger partial charge in [0.2, 0.25) is 0 Å². The van der Waals surface area contributed by atoms with Gasteiger partial charge >= 0.3 is 0 Å². The minimum Gasteiger partial charge on any atom is -0.487 e. The second-order valence-corrected chi connectivity index (χ2v) is 4.83. The molecular formula is C15H13ClN2O2. The number of nitrogens with zero attached hydrogens (tertiary/aromatic N) is 2. The standard InChI is InChI=1S/C15H13ClN2O2/c16-12-4-5-14(11(7-12)9-19)20-10-13-8-18-6-2-1-3-15(18)17-13/h1-8,19H,9-10H2. The molecule has 1 aromatic carbocycles. The van der Waals surface area contributed by atoms with Crippen LogP contribution in [0.1, 0.15) is 11.3 Å². The van der Waals surface area contributed by atoms with Crippen molar-refractivity contribution in [2.75, 3.05) is 0 Å². The SMILES string of the molecule is OCc1cc(Cl)ccc1OCc1cn2ccccc2n1. The van der Waals surface area contributed by atoms with Crippen LogP contribution in [0.15, 0.2) is 48.8 Å². The highest BCUT2D eigenvalue weighted by Crippen LogP contribution is 2.23. The van der Waals surface area contributed by atoms with E-state index in [0.717, 1.165) is 11.3 Å². The first-order valence-corrected chi connectivity index (χ1v) is 6.59. The summed E-state index contributed by atoms with van der Waals surface area (Å²) in [5, 5.41) is 9.87. The fourth-order valence-electron chi connectivity index (χ4n) is 2.02. The van der Waals surface area contributed by atoms with E-state index in [4.69, 9.17) is 16.3 Å². The molecule has 0 unspecified atom stereocenters. The highest BCUT2D eigenvalue weighted by atomic mass is 35.5. The Kier molecular flexibility index (Phi) is 3.58. The van der Waals surface area contributed by atoms with Crippen molar-refractivity contribution in [2.45, 2.75) is 13.2 Å². The fraction of sp³-hybridized carbons (Fsp3) is 0.133. The molecule has 0 spiro atoms. The first-order chi connectivity index (χ1) is 9.76. The van der Waals surface area contributed by atoms with E-state index in [2.05, 4.69) is 4.98 Å². The molecule has 0 bridgehead atoms. The Morgan fingerprint density at radius 3 is 2.95 bits per heavy atom. The maximum Gasteiger partial charge on any atom is 0.137 e. The summed E-state index contributed by atoms with van der Waals surface area (Å²) in [5.41, 5.74) is 2.38. The third kappa shape index (κ3) is 2.61. The largest absolute Gasteiger partial charge is 0.487 e. The van der Waals surface area contributed by atoms with Crippen molar-refractivity contribution >= 4 is 17.2 Å². The van der Waals surface area contributed by atoms with E-state index in [9.17, 15) is 5.11 Å². The van der Waals surface area contributed by atoms with Crippen LogP contribution in [0, 0.1) is 0 Å². The number of hydrogen-bond donors (Lipinski definition) is 1. The summed E-state index contributed by atoms with van der Waals surface area (Å²) in [7, 11) is 0. The van der Waals surface area contributed by atoms with Gasteiger partial charge in [0.1, 0.15) is 18.0 Å². The molecule has 20 heavy (non-hydrogen) atoms. The average Bonchev–Trinajstić information content (AvgIpc) is 2.88. The van der Waals surface area contributed by atoms with Crippen LogP contribution in [0.4, 0.5) is 0 Å². The molecule has 0 fully saturated rings. The van der Waals surface area contributed by atoms with Gasteiger partial charge in [-0.15, -0.1) is 0 Å². The lowest BCUT2D eigenvalue weighted by Gasteiger charge is -2.09. The molecule has 0 radical (unpaired) electrons. The number of aliphatic hydroxyl groups is 1. The zero-order chi connectivity index (χ0) is 13.9. The second-order valence-electron chi connectivity index (χ2n) is 4.40. The summed E-state index contributed by atoms with van der Waals surface area (Å²) < 4.78 is 7.64. The van der Waals surface area contributed by atoms with Gasteiger partial charge in [-0.05, 0) is 30.3 Å². The number of aromatic nitrogens is 2. The highest BCUT2D eigenvalue weighted by Gasteiger charge is 2.06. The van der Waals surface area contributed by atoms with Gasteiger partial charge < -0.3 is 14.2 Å². The number of benzene rings is 1. The monoisotopic (exact) mass is 288 g/mol. The third-order valence-corrected chi connectivity index (χ3v) is 3.22. The molecule has 0 saturated heterocycles. The van der Waals surface area contributed by atoms with E-state index in [1.165, 1.54) is 0 Å². The molecule has 0 aliphatic carbocycles. The summed E-state index contributed by atoms with van der Waals surface area (Å²) in [6.07, 6.45) is 3.86. The topological polar surface area (TPSA) is 46.8 Å². The van der Waals surface area contributed by atoms with Gasteiger partial charge in [-0.3, -0.25) is 0 Å². The number of imidazole rings is 1. The maximum atomic E-state index is 9.30. The predicted octanol–water partition coefficient (Wildman–Crippen LogP) is 3.06. The summed E-state index contributed by atoms with van der Waals surface area (Å²) in [6.45, 7) is 0.234. The van der Waals surface area contributed by atoms with Crippen molar-refractivity contribution in [1.82, 2.24) is 9.38 Å². The predicted molar refractivity (Wildman–Crippen MR) is 76.9 cm³/mol. The lowest BCUT2D eigenvalue weighted by Crippen LogP contribution is -1.99. The highest BCUT2D eigenvalue weighted by molar-refractivity contribution is 6.30. The molecule has 0 aliphatic heterocycles. The minimum atomic E-state index is -0.110. The van der Waals surface area contributed by atoms with Gasteiger partial charge in [0.25, 0.3) is 0 Å². The van der Waals surface area contributed by atoms with E-state index in [0.29, 0.717) is 22.9 Å². The van der Waals surface area contributed by atoms with Gasteiger partial charge in [0, 0.05) is 23.0 Å². The molecule has 102 valence electrons. The molecule has 4 nitrogen and oxygen atoms in total. The third-order valence-electron chi connectivity index (χ3n) is 2.98. The summed E-state index contributed by atoms with van der Waals surface area (Å²) in [5.74, 6) is 0.619. The number of fused-ring (bicyclic) bond motifs is 1. The number of rotatable bonds is 4. The first kappa shape index (κ1) is 13.0. The lowest BCUT2D eigenvalue weighted by molar-refractivity contribution is 0.258. The molecule has 3 rings (SSSR count). The van der Waals surface area contributed by atoms with Crippen molar-refractivity contribution in [1.29, 1.82) is 0 Å². The van der Waals surface area contributed by atoms with E-state index < -0.39 is 0 Å². The van der Waals surface area contributed by atoms with Crippen LogP contribution in [0.3, 0.4) is 0 Å². The molecule has 0 saturated carbocycles. The fourth-order valence-corrected chi connectivity index (χ4v) is 2.22. The van der Waals surface area contributed by atoms with Crippen LogP contribution in [0.2, 0.25) is 5.02 Å². The smallest absolute Gasteiger partial charge is 0.137 e. The molecule has 3 aromatic rings. The van der Waals surface area contributed by atoms with Crippen LogP contribution in [-0.4, -0.2) is 14.5 Å². The number of hydrogen-bond acceptors (Lipinski definition) is 3.